The van der Waals surface area contributed by atoms with E-state index in [1.807, 2.05) is 72.8 Å². The highest BCUT2D eigenvalue weighted by molar-refractivity contribution is 5.90. The Morgan fingerprint density at radius 2 is 1.64 bits per heavy atom. The van der Waals surface area contributed by atoms with E-state index in [9.17, 15) is 4.79 Å². The lowest BCUT2D eigenvalue weighted by atomic mass is 9.97. The number of para-hydroxylation sites is 1. The van der Waals surface area contributed by atoms with E-state index in [0.29, 0.717) is 5.75 Å². The zero-order chi connectivity index (χ0) is 15.4. The zero-order valence-electron chi connectivity index (χ0n) is 12.1. The van der Waals surface area contributed by atoms with Crippen molar-refractivity contribution in [3.05, 3.63) is 85.1 Å². The predicted octanol–water partition coefficient (Wildman–Crippen LogP) is 3.50. The molecule has 0 saturated carbocycles. The highest BCUT2D eigenvalue weighted by Crippen LogP contribution is 2.27. The van der Waals surface area contributed by atoms with Gasteiger partial charge in [-0.15, -0.1) is 0 Å². The lowest BCUT2D eigenvalue weighted by Gasteiger charge is -2.42. The van der Waals surface area contributed by atoms with Crippen molar-refractivity contribution in [3.63, 3.8) is 0 Å². The van der Waals surface area contributed by atoms with Gasteiger partial charge in [0.15, 0.2) is 0 Å². The summed E-state index contributed by atoms with van der Waals surface area (Å²) in [5, 5.41) is 0. The summed E-state index contributed by atoms with van der Waals surface area (Å²) in [4.78, 5) is 13.7. The van der Waals surface area contributed by atoms with Crippen LogP contribution < -0.4 is 4.74 Å². The molecule has 2 aromatic rings. The highest BCUT2D eigenvalue weighted by atomic mass is 16.5. The second kappa shape index (κ2) is 6.31. The van der Waals surface area contributed by atoms with Gasteiger partial charge >= 0.3 is 0 Å². The summed E-state index contributed by atoms with van der Waals surface area (Å²) in [5.41, 5.74) is 1.09. The largest absolute Gasteiger partial charge is 0.478 e. The van der Waals surface area contributed by atoms with Crippen molar-refractivity contribution in [2.75, 3.05) is 0 Å². The number of hydrogen-bond acceptors (Lipinski definition) is 2. The lowest BCUT2D eigenvalue weighted by Crippen LogP contribution is -2.63. The second-order valence-electron chi connectivity index (χ2n) is 5.04. The summed E-state index contributed by atoms with van der Waals surface area (Å²) in [6.45, 7) is 3.70. The van der Waals surface area contributed by atoms with Crippen LogP contribution in [0.5, 0.6) is 5.75 Å². The summed E-state index contributed by atoms with van der Waals surface area (Å²) in [6, 6.07) is 19.2. The van der Waals surface area contributed by atoms with E-state index in [4.69, 9.17) is 4.74 Å². The van der Waals surface area contributed by atoms with Crippen molar-refractivity contribution < 1.29 is 9.53 Å². The minimum atomic E-state index is -0.500. The van der Waals surface area contributed by atoms with Crippen molar-refractivity contribution in [1.29, 1.82) is 0 Å². The maximum absolute atomic E-state index is 12.1. The monoisotopic (exact) mass is 291 g/mol. The number of ether oxygens (including phenoxy) is 1. The number of carbonyl (C=O) groups excluding carboxylic acids is 1. The maximum Gasteiger partial charge on any atom is 0.270 e. The molecule has 0 radical (unpaired) electrons. The number of β-lactam (4-membered cyclic amide) rings is 1. The Bertz CT molecular complexity index is 679. The third-order valence-corrected chi connectivity index (χ3v) is 3.62. The van der Waals surface area contributed by atoms with Crippen LogP contribution in [0, 0.1) is 0 Å². The van der Waals surface area contributed by atoms with Crippen molar-refractivity contribution in [1.82, 2.24) is 4.90 Å². The fraction of sp³-hybridized carbons (Fsp3) is 0.105. The van der Waals surface area contributed by atoms with Gasteiger partial charge in [0.25, 0.3) is 5.91 Å². The Balaban J connectivity index is 1.76. The Kier molecular flexibility index (Phi) is 4.05. The first-order chi connectivity index (χ1) is 10.8. The lowest BCUT2D eigenvalue weighted by molar-refractivity contribution is -0.153. The number of carbonyl (C=O) groups is 1. The molecule has 1 heterocycles. The number of nitrogens with zero attached hydrogens (tertiary/aromatic N) is 1. The standard InChI is InChI=1S/C19H17NO2/c1-2-20-17(14-13-15-9-5-3-6-10-15)18(19(20)21)22-16-11-7-4-8-12-16/h2-14,17-18H,1H2/b14-13+/t17-,18+/m0/s1. The first kappa shape index (κ1) is 14.1. The summed E-state index contributed by atoms with van der Waals surface area (Å²) in [6.07, 6.45) is 5.02. The molecule has 1 fully saturated rings. The van der Waals surface area contributed by atoms with Crippen LogP contribution in [0.4, 0.5) is 0 Å². The third-order valence-electron chi connectivity index (χ3n) is 3.62. The van der Waals surface area contributed by atoms with Crippen molar-refractivity contribution >= 4 is 12.0 Å². The van der Waals surface area contributed by atoms with E-state index in [2.05, 4.69) is 6.58 Å². The van der Waals surface area contributed by atoms with Crippen LogP contribution in [0.1, 0.15) is 5.56 Å². The van der Waals surface area contributed by atoms with E-state index < -0.39 is 6.10 Å². The van der Waals surface area contributed by atoms with Crippen molar-refractivity contribution in [2.24, 2.45) is 0 Å². The summed E-state index contributed by atoms with van der Waals surface area (Å²) in [7, 11) is 0. The Hall–Kier alpha value is -2.81. The molecule has 2 atom stereocenters. The topological polar surface area (TPSA) is 29.5 Å². The van der Waals surface area contributed by atoms with Gasteiger partial charge in [0.1, 0.15) is 11.8 Å². The molecule has 1 amide bonds. The number of likely N-dealkylation sites (tertiary alicyclic amines) is 1. The molecule has 22 heavy (non-hydrogen) atoms. The van der Waals surface area contributed by atoms with Crippen molar-refractivity contribution in [3.8, 4) is 5.75 Å². The molecular formula is C19H17NO2. The quantitative estimate of drug-likeness (QED) is 0.789. The molecule has 1 aliphatic heterocycles. The molecule has 3 heteroatoms. The first-order valence-electron chi connectivity index (χ1n) is 7.19. The van der Waals surface area contributed by atoms with E-state index >= 15 is 0 Å². The summed E-state index contributed by atoms with van der Waals surface area (Å²) < 4.78 is 5.81. The molecule has 110 valence electrons. The molecule has 0 aromatic heterocycles. The fourth-order valence-corrected chi connectivity index (χ4v) is 2.45. The van der Waals surface area contributed by atoms with Gasteiger partial charge in [-0.25, -0.2) is 0 Å². The minimum absolute atomic E-state index is 0.0680. The molecule has 3 nitrogen and oxygen atoms in total. The van der Waals surface area contributed by atoms with Crippen LogP contribution in [0.2, 0.25) is 0 Å². The Labute approximate surface area is 130 Å². The number of rotatable bonds is 5. The summed E-state index contributed by atoms with van der Waals surface area (Å²) >= 11 is 0. The minimum Gasteiger partial charge on any atom is -0.478 e. The normalized spacial score (nSPS) is 20.7. The van der Waals surface area contributed by atoms with Gasteiger partial charge in [-0.2, -0.15) is 0 Å². The molecule has 0 N–H and O–H groups in total. The van der Waals surface area contributed by atoms with Crippen LogP contribution in [-0.4, -0.2) is 23.0 Å². The van der Waals surface area contributed by atoms with E-state index in [1.54, 1.807) is 11.1 Å². The van der Waals surface area contributed by atoms with E-state index in [1.165, 1.54) is 0 Å². The van der Waals surface area contributed by atoms with Gasteiger partial charge in [0.05, 0.1) is 0 Å². The van der Waals surface area contributed by atoms with E-state index in [0.717, 1.165) is 5.56 Å². The van der Waals surface area contributed by atoms with Gasteiger partial charge in [-0.05, 0) is 17.7 Å². The average molecular weight is 291 g/mol. The Morgan fingerprint density at radius 3 is 2.27 bits per heavy atom. The molecule has 0 bridgehead atoms. The first-order valence-corrected chi connectivity index (χ1v) is 7.19. The van der Waals surface area contributed by atoms with Gasteiger partial charge in [0, 0.05) is 6.20 Å². The number of amides is 1. The van der Waals surface area contributed by atoms with Gasteiger partial charge in [0.2, 0.25) is 6.10 Å². The van der Waals surface area contributed by atoms with Gasteiger partial charge < -0.3 is 9.64 Å². The van der Waals surface area contributed by atoms with Crippen LogP contribution in [0.25, 0.3) is 6.08 Å². The van der Waals surface area contributed by atoms with Crippen molar-refractivity contribution in [2.45, 2.75) is 12.1 Å². The predicted molar refractivity (Wildman–Crippen MR) is 87.2 cm³/mol. The number of benzene rings is 2. The molecule has 0 aliphatic carbocycles. The van der Waals surface area contributed by atoms with Crippen LogP contribution in [-0.2, 0) is 4.79 Å². The zero-order valence-corrected chi connectivity index (χ0v) is 12.1. The molecule has 2 aromatic carbocycles. The maximum atomic E-state index is 12.1. The Morgan fingerprint density at radius 1 is 1.00 bits per heavy atom. The van der Waals surface area contributed by atoms with Crippen LogP contribution in [0.15, 0.2) is 79.5 Å². The molecule has 1 saturated heterocycles. The molecule has 1 aliphatic rings. The molecular weight excluding hydrogens is 274 g/mol. The molecule has 0 spiro atoms. The summed E-state index contributed by atoms with van der Waals surface area (Å²) in [5.74, 6) is 0.629. The SMILES string of the molecule is C=CN1C(=O)[C@H](Oc2ccccc2)[C@@H]1/C=C/c1ccccc1. The molecule has 3 rings (SSSR count). The number of hydrogen-bond donors (Lipinski definition) is 0. The third kappa shape index (κ3) is 2.79. The van der Waals surface area contributed by atoms with E-state index in [-0.39, 0.29) is 11.9 Å². The smallest absolute Gasteiger partial charge is 0.270 e. The average Bonchev–Trinajstić information content (AvgIpc) is 2.58. The van der Waals surface area contributed by atoms with Crippen LogP contribution in [0.3, 0.4) is 0 Å². The highest BCUT2D eigenvalue weighted by Gasteiger charge is 2.46. The second-order valence-corrected chi connectivity index (χ2v) is 5.04. The van der Waals surface area contributed by atoms with Gasteiger partial charge in [-0.1, -0.05) is 67.3 Å². The fourth-order valence-electron chi connectivity index (χ4n) is 2.45. The molecule has 0 unspecified atom stereocenters. The van der Waals surface area contributed by atoms with Gasteiger partial charge in [-0.3, -0.25) is 4.79 Å². The van der Waals surface area contributed by atoms with Crippen LogP contribution >= 0.6 is 0 Å².